The van der Waals surface area contributed by atoms with Gasteiger partial charge in [0.25, 0.3) is 5.91 Å². The molecular weight excluding hydrogens is 277 g/mol. The van der Waals surface area contributed by atoms with Crippen LogP contribution in [0.4, 0.5) is 4.39 Å². The number of carbonyl (C=O) groups excluding carboxylic acids is 1. The van der Waals surface area contributed by atoms with Gasteiger partial charge in [-0.3, -0.25) is 4.79 Å². The second-order valence-electron chi connectivity index (χ2n) is 4.76. The van der Waals surface area contributed by atoms with Crippen LogP contribution in [0.15, 0.2) is 18.2 Å². The molecule has 0 spiro atoms. The lowest BCUT2D eigenvalue weighted by molar-refractivity contribution is -0.127. The number of methoxy groups -OCH3 is 1. The fraction of sp³-hybridized carbons (Fsp3) is 0.533. The molecule has 0 aromatic heterocycles. The molecule has 1 rings (SSSR count). The Bertz CT molecular complexity index is 465. The van der Waals surface area contributed by atoms with Crippen molar-refractivity contribution in [1.82, 2.24) is 5.32 Å². The first kappa shape index (κ1) is 17.4. The molecule has 0 aliphatic rings. The molecule has 2 N–H and O–H groups in total. The molecule has 1 unspecified atom stereocenters. The maximum absolute atomic E-state index is 13.2. The quantitative estimate of drug-likeness (QED) is 0.718. The number of hydrogen-bond acceptors (Lipinski definition) is 4. The lowest BCUT2D eigenvalue weighted by atomic mass is 10.1. The molecule has 118 valence electrons. The molecule has 1 aromatic carbocycles. The molecule has 1 aromatic rings. The van der Waals surface area contributed by atoms with Crippen LogP contribution >= 0.6 is 0 Å². The van der Waals surface area contributed by atoms with E-state index in [1.165, 1.54) is 25.1 Å². The highest BCUT2D eigenvalue weighted by atomic mass is 19.1. The number of carbonyl (C=O) groups is 1. The largest absolute Gasteiger partial charge is 0.481 e. The first-order chi connectivity index (χ1) is 9.95. The van der Waals surface area contributed by atoms with E-state index in [1.54, 1.807) is 14.0 Å². The molecule has 21 heavy (non-hydrogen) atoms. The highest BCUT2D eigenvalue weighted by Gasteiger charge is 2.18. The number of halogens is 1. The number of benzene rings is 1. The SMILES string of the molecule is COCCCNC(=O)C(C)Oc1ccc(F)cc1[C@H](C)O. The highest BCUT2D eigenvalue weighted by Crippen LogP contribution is 2.26. The summed E-state index contributed by atoms with van der Waals surface area (Å²) in [7, 11) is 1.60. The van der Waals surface area contributed by atoms with E-state index in [0.717, 1.165) is 0 Å². The standard InChI is InChI=1S/C15H22FNO4/c1-10(18)13-9-12(16)5-6-14(13)21-11(2)15(19)17-7-4-8-20-3/h5-6,9-11,18H,4,7-8H2,1-3H3,(H,17,19)/t10-,11?/m0/s1. The van der Waals surface area contributed by atoms with Crippen LogP contribution in [0.25, 0.3) is 0 Å². The Balaban J connectivity index is 2.61. The number of rotatable bonds is 8. The number of aliphatic hydroxyl groups is 1. The van der Waals surface area contributed by atoms with E-state index in [4.69, 9.17) is 9.47 Å². The Morgan fingerprint density at radius 3 is 2.76 bits per heavy atom. The van der Waals surface area contributed by atoms with Crippen molar-refractivity contribution in [3.63, 3.8) is 0 Å². The van der Waals surface area contributed by atoms with Crippen LogP contribution in [0.2, 0.25) is 0 Å². The molecule has 0 aliphatic heterocycles. The summed E-state index contributed by atoms with van der Waals surface area (Å²) in [6.07, 6.45) is -0.909. The zero-order chi connectivity index (χ0) is 15.8. The smallest absolute Gasteiger partial charge is 0.260 e. The third-order valence-corrected chi connectivity index (χ3v) is 2.92. The lowest BCUT2D eigenvalue weighted by Crippen LogP contribution is -2.37. The summed E-state index contributed by atoms with van der Waals surface area (Å²) >= 11 is 0. The minimum atomic E-state index is -0.882. The zero-order valence-electron chi connectivity index (χ0n) is 12.6. The van der Waals surface area contributed by atoms with Gasteiger partial charge in [-0.2, -0.15) is 0 Å². The summed E-state index contributed by atoms with van der Waals surface area (Å²) in [5, 5.41) is 12.3. The zero-order valence-corrected chi connectivity index (χ0v) is 12.6. The summed E-state index contributed by atoms with van der Waals surface area (Å²) < 4.78 is 23.6. The van der Waals surface area contributed by atoms with Crippen molar-refractivity contribution in [2.24, 2.45) is 0 Å². The summed E-state index contributed by atoms with van der Waals surface area (Å²) in [6, 6.07) is 3.83. The van der Waals surface area contributed by atoms with Gasteiger partial charge in [0.2, 0.25) is 0 Å². The molecule has 2 atom stereocenters. The molecular formula is C15H22FNO4. The predicted octanol–water partition coefficient (Wildman–Crippen LogP) is 1.80. The fourth-order valence-corrected chi connectivity index (χ4v) is 1.77. The van der Waals surface area contributed by atoms with Crippen molar-refractivity contribution in [3.05, 3.63) is 29.6 Å². The van der Waals surface area contributed by atoms with E-state index in [1.807, 2.05) is 0 Å². The van der Waals surface area contributed by atoms with Gasteiger partial charge in [0, 0.05) is 25.8 Å². The number of nitrogens with one attached hydrogen (secondary N) is 1. The van der Waals surface area contributed by atoms with Crippen molar-refractivity contribution >= 4 is 5.91 Å². The Morgan fingerprint density at radius 2 is 2.14 bits per heavy atom. The summed E-state index contributed by atoms with van der Waals surface area (Å²) in [6.45, 7) is 4.17. The van der Waals surface area contributed by atoms with Crippen LogP contribution in [0.5, 0.6) is 5.75 Å². The van der Waals surface area contributed by atoms with Gasteiger partial charge in [-0.25, -0.2) is 4.39 Å². The van der Waals surface area contributed by atoms with E-state index in [9.17, 15) is 14.3 Å². The van der Waals surface area contributed by atoms with Crippen molar-refractivity contribution in [2.75, 3.05) is 20.3 Å². The van der Waals surface area contributed by atoms with Crippen molar-refractivity contribution < 1.29 is 23.8 Å². The van der Waals surface area contributed by atoms with Crippen LogP contribution in [0.1, 0.15) is 31.9 Å². The second-order valence-corrected chi connectivity index (χ2v) is 4.76. The molecule has 0 saturated heterocycles. The maximum Gasteiger partial charge on any atom is 0.260 e. The van der Waals surface area contributed by atoms with Crippen LogP contribution in [-0.4, -0.2) is 37.4 Å². The van der Waals surface area contributed by atoms with Gasteiger partial charge in [0.1, 0.15) is 11.6 Å². The van der Waals surface area contributed by atoms with Gasteiger partial charge in [0.15, 0.2) is 6.10 Å². The van der Waals surface area contributed by atoms with Crippen LogP contribution < -0.4 is 10.1 Å². The van der Waals surface area contributed by atoms with Gasteiger partial charge in [0.05, 0.1) is 6.10 Å². The van der Waals surface area contributed by atoms with Gasteiger partial charge in [-0.05, 0) is 38.5 Å². The average Bonchev–Trinajstić information content (AvgIpc) is 2.44. The van der Waals surface area contributed by atoms with E-state index in [2.05, 4.69) is 5.32 Å². The van der Waals surface area contributed by atoms with Gasteiger partial charge in [-0.15, -0.1) is 0 Å². The lowest BCUT2D eigenvalue weighted by Gasteiger charge is -2.18. The summed E-state index contributed by atoms with van der Waals surface area (Å²) in [4.78, 5) is 11.8. The number of aliphatic hydroxyl groups excluding tert-OH is 1. The van der Waals surface area contributed by atoms with E-state index in [-0.39, 0.29) is 5.91 Å². The Labute approximate surface area is 124 Å². The van der Waals surface area contributed by atoms with E-state index in [0.29, 0.717) is 30.9 Å². The summed E-state index contributed by atoms with van der Waals surface area (Å²) in [5.74, 6) is -0.437. The number of amides is 1. The molecule has 1 amide bonds. The molecule has 6 heteroatoms. The maximum atomic E-state index is 13.2. The van der Waals surface area contributed by atoms with Crippen LogP contribution in [0, 0.1) is 5.82 Å². The Kier molecular flexibility index (Phi) is 7.11. The van der Waals surface area contributed by atoms with Crippen LogP contribution in [0.3, 0.4) is 0 Å². The molecule has 0 radical (unpaired) electrons. The third-order valence-electron chi connectivity index (χ3n) is 2.92. The Hall–Kier alpha value is -1.66. The number of ether oxygens (including phenoxy) is 2. The summed E-state index contributed by atoms with van der Waals surface area (Å²) in [5.41, 5.74) is 0.314. The van der Waals surface area contributed by atoms with Gasteiger partial charge < -0.3 is 19.9 Å². The van der Waals surface area contributed by atoms with Crippen molar-refractivity contribution in [2.45, 2.75) is 32.5 Å². The van der Waals surface area contributed by atoms with Gasteiger partial charge >= 0.3 is 0 Å². The Morgan fingerprint density at radius 1 is 1.43 bits per heavy atom. The molecule has 5 nitrogen and oxygen atoms in total. The normalized spacial score (nSPS) is 13.6. The van der Waals surface area contributed by atoms with Gasteiger partial charge in [-0.1, -0.05) is 0 Å². The molecule has 0 heterocycles. The van der Waals surface area contributed by atoms with E-state index < -0.39 is 18.0 Å². The molecule has 0 fully saturated rings. The third kappa shape index (κ3) is 5.69. The average molecular weight is 299 g/mol. The topological polar surface area (TPSA) is 67.8 Å². The first-order valence-electron chi connectivity index (χ1n) is 6.86. The number of hydrogen-bond donors (Lipinski definition) is 2. The predicted molar refractivity (Wildman–Crippen MR) is 76.6 cm³/mol. The second kappa shape index (κ2) is 8.59. The molecule has 0 aliphatic carbocycles. The highest BCUT2D eigenvalue weighted by molar-refractivity contribution is 5.80. The van der Waals surface area contributed by atoms with E-state index >= 15 is 0 Å². The minimum Gasteiger partial charge on any atom is -0.481 e. The monoisotopic (exact) mass is 299 g/mol. The molecule has 0 saturated carbocycles. The first-order valence-corrected chi connectivity index (χ1v) is 6.86. The fourth-order valence-electron chi connectivity index (χ4n) is 1.77. The van der Waals surface area contributed by atoms with Crippen LogP contribution in [-0.2, 0) is 9.53 Å². The minimum absolute atomic E-state index is 0.271. The van der Waals surface area contributed by atoms with Crippen molar-refractivity contribution in [3.8, 4) is 5.75 Å². The van der Waals surface area contributed by atoms with Crippen molar-refractivity contribution in [1.29, 1.82) is 0 Å². The molecule has 0 bridgehead atoms.